The number of nitrogens with one attached hydrogen (secondary N) is 1. The van der Waals surface area contributed by atoms with Crippen molar-refractivity contribution in [3.05, 3.63) is 24.0 Å². The number of hydrogen-bond acceptors (Lipinski definition) is 3. The fourth-order valence-corrected chi connectivity index (χ4v) is 3.85. The van der Waals surface area contributed by atoms with Gasteiger partial charge in [-0.1, -0.05) is 43.4 Å². The lowest BCUT2D eigenvalue weighted by Crippen LogP contribution is -2.14. The van der Waals surface area contributed by atoms with Crippen molar-refractivity contribution in [1.29, 1.82) is 0 Å². The molecule has 1 heterocycles. The molecule has 112 valence electrons. The standard InChI is InChI=1S/C16H19FN2OS/c17-12-7-8-13-14(10-12)21-16(18-13)19-15(20)9-6-11-4-2-1-3-5-11/h7-8,10-11H,1-6,9H2,(H,18,19,20). The quantitative estimate of drug-likeness (QED) is 0.887. The first-order chi connectivity index (χ1) is 10.2. The molecule has 1 aliphatic rings. The van der Waals surface area contributed by atoms with Crippen LogP contribution in [0.15, 0.2) is 18.2 Å². The van der Waals surface area contributed by atoms with Crippen LogP contribution in [0.4, 0.5) is 9.52 Å². The van der Waals surface area contributed by atoms with E-state index in [2.05, 4.69) is 10.3 Å². The van der Waals surface area contributed by atoms with Gasteiger partial charge in [0.25, 0.3) is 0 Å². The Bertz CT molecular complexity index is 634. The van der Waals surface area contributed by atoms with Crippen LogP contribution in [0, 0.1) is 11.7 Å². The van der Waals surface area contributed by atoms with Crippen LogP contribution in [-0.2, 0) is 4.79 Å². The van der Waals surface area contributed by atoms with Crippen molar-refractivity contribution < 1.29 is 9.18 Å². The molecule has 0 unspecified atom stereocenters. The first kappa shape index (κ1) is 14.4. The molecule has 0 radical (unpaired) electrons. The summed E-state index contributed by atoms with van der Waals surface area (Å²) in [6, 6.07) is 4.47. The van der Waals surface area contributed by atoms with Gasteiger partial charge in [0, 0.05) is 6.42 Å². The minimum atomic E-state index is -0.277. The van der Waals surface area contributed by atoms with Crippen LogP contribution in [-0.4, -0.2) is 10.9 Å². The molecule has 0 spiro atoms. The van der Waals surface area contributed by atoms with Crippen molar-refractivity contribution in [3.63, 3.8) is 0 Å². The van der Waals surface area contributed by atoms with E-state index in [4.69, 9.17) is 0 Å². The number of hydrogen-bond donors (Lipinski definition) is 1. The predicted octanol–water partition coefficient (Wildman–Crippen LogP) is 4.73. The molecule has 1 aromatic carbocycles. The molecule has 2 aromatic rings. The number of amides is 1. The van der Waals surface area contributed by atoms with Crippen LogP contribution >= 0.6 is 11.3 Å². The number of nitrogens with zero attached hydrogens (tertiary/aromatic N) is 1. The molecule has 21 heavy (non-hydrogen) atoms. The minimum absolute atomic E-state index is 0.0140. The van der Waals surface area contributed by atoms with E-state index in [1.807, 2.05) is 0 Å². The summed E-state index contributed by atoms with van der Waals surface area (Å²) in [7, 11) is 0. The highest BCUT2D eigenvalue weighted by Gasteiger charge is 2.15. The fourth-order valence-electron chi connectivity index (χ4n) is 2.94. The van der Waals surface area contributed by atoms with Crippen molar-refractivity contribution in [2.45, 2.75) is 44.9 Å². The summed E-state index contributed by atoms with van der Waals surface area (Å²) < 4.78 is 13.9. The van der Waals surface area contributed by atoms with Crippen LogP contribution in [0.25, 0.3) is 10.2 Å². The summed E-state index contributed by atoms with van der Waals surface area (Å²) >= 11 is 1.32. The van der Waals surface area contributed by atoms with E-state index in [0.717, 1.165) is 16.6 Å². The van der Waals surface area contributed by atoms with E-state index in [9.17, 15) is 9.18 Å². The zero-order valence-corrected chi connectivity index (χ0v) is 12.7. The third-order valence-electron chi connectivity index (χ3n) is 4.10. The molecule has 5 heteroatoms. The fraction of sp³-hybridized carbons (Fsp3) is 0.500. The Morgan fingerprint density at radius 3 is 2.95 bits per heavy atom. The van der Waals surface area contributed by atoms with E-state index >= 15 is 0 Å². The van der Waals surface area contributed by atoms with Gasteiger partial charge < -0.3 is 5.32 Å². The molecule has 0 saturated heterocycles. The van der Waals surface area contributed by atoms with Gasteiger partial charge in [-0.25, -0.2) is 9.37 Å². The number of aromatic nitrogens is 1. The third-order valence-corrected chi connectivity index (χ3v) is 5.03. The first-order valence-electron chi connectivity index (χ1n) is 7.56. The van der Waals surface area contributed by atoms with Crippen LogP contribution in [0.3, 0.4) is 0 Å². The highest BCUT2D eigenvalue weighted by atomic mass is 32.1. The highest BCUT2D eigenvalue weighted by Crippen LogP contribution is 2.29. The average molecular weight is 306 g/mol. The third kappa shape index (κ3) is 3.79. The van der Waals surface area contributed by atoms with Crippen molar-refractivity contribution in [2.75, 3.05) is 5.32 Å². The number of thiazole rings is 1. The Labute approximate surface area is 127 Å². The molecule has 1 saturated carbocycles. The Morgan fingerprint density at radius 2 is 2.14 bits per heavy atom. The lowest BCUT2D eigenvalue weighted by molar-refractivity contribution is -0.116. The molecule has 1 N–H and O–H groups in total. The molecule has 1 fully saturated rings. The Kier molecular flexibility index (Phi) is 4.48. The van der Waals surface area contributed by atoms with Gasteiger partial charge in [-0.3, -0.25) is 4.79 Å². The second kappa shape index (κ2) is 6.52. The van der Waals surface area contributed by atoms with Gasteiger partial charge in [-0.2, -0.15) is 0 Å². The van der Waals surface area contributed by atoms with E-state index in [0.29, 0.717) is 17.5 Å². The molecule has 0 bridgehead atoms. The van der Waals surface area contributed by atoms with E-state index in [1.54, 1.807) is 6.07 Å². The highest BCUT2D eigenvalue weighted by molar-refractivity contribution is 7.22. The van der Waals surface area contributed by atoms with Crippen molar-refractivity contribution in [3.8, 4) is 0 Å². The summed E-state index contributed by atoms with van der Waals surface area (Å²) in [4.78, 5) is 16.3. The van der Waals surface area contributed by atoms with Gasteiger partial charge in [0.1, 0.15) is 5.82 Å². The van der Waals surface area contributed by atoms with Gasteiger partial charge in [-0.15, -0.1) is 0 Å². The number of fused-ring (bicyclic) bond motifs is 1. The first-order valence-corrected chi connectivity index (χ1v) is 8.38. The van der Waals surface area contributed by atoms with E-state index in [-0.39, 0.29) is 11.7 Å². The number of anilines is 1. The van der Waals surface area contributed by atoms with Crippen LogP contribution in [0.2, 0.25) is 0 Å². The van der Waals surface area contributed by atoms with Crippen LogP contribution < -0.4 is 5.32 Å². The predicted molar refractivity (Wildman–Crippen MR) is 84.0 cm³/mol. The lowest BCUT2D eigenvalue weighted by atomic mass is 9.86. The normalized spacial score (nSPS) is 16.2. The number of rotatable bonds is 4. The van der Waals surface area contributed by atoms with Gasteiger partial charge in [0.2, 0.25) is 5.91 Å². The van der Waals surface area contributed by atoms with E-state index in [1.165, 1.54) is 55.6 Å². The maximum atomic E-state index is 13.1. The van der Waals surface area contributed by atoms with Crippen LogP contribution in [0.1, 0.15) is 44.9 Å². The lowest BCUT2D eigenvalue weighted by Gasteiger charge is -2.20. The summed E-state index contributed by atoms with van der Waals surface area (Å²) in [5, 5.41) is 3.40. The van der Waals surface area contributed by atoms with Crippen molar-refractivity contribution in [1.82, 2.24) is 4.98 Å². The maximum Gasteiger partial charge on any atom is 0.226 e. The largest absolute Gasteiger partial charge is 0.302 e. The molecule has 3 rings (SSSR count). The molecular weight excluding hydrogens is 287 g/mol. The summed E-state index contributed by atoms with van der Waals surface area (Å²) in [6.45, 7) is 0. The Hall–Kier alpha value is -1.49. The second-order valence-corrected chi connectivity index (χ2v) is 6.75. The SMILES string of the molecule is O=C(CCC1CCCCC1)Nc1nc2ccc(F)cc2s1. The Balaban J connectivity index is 1.55. The molecule has 0 aliphatic heterocycles. The molecule has 3 nitrogen and oxygen atoms in total. The number of halogens is 1. The topological polar surface area (TPSA) is 42.0 Å². The van der Waals surface area contributed by atoms with Crippen molar-refractivity contribution >= 4 is 32.6 Å². The van der Waals surface area contributed by atoms with E-state index < -0.39 is 0 Å². The van der Waals surface area contributed by atoms with Gasteiger partial charge in [0.15, 0.2) is 5.13 Å². The van der Waals surface area contributed by atoms with Crippen LogP contribution in [0.5, 0.6) is 0 Å². The molecule has 1 amide bonds. The minimum Gasteiger partial charge on any atom is -0.302 e. The number of benzene rings is 1. The molecular formula is C16H19FN2OS. The monoisotopic (exact) mass is 306 g/mol. The summed E-state index contributed by atoms with van der Waals surface area (Å²) in [5.41, 5.74) is 0.726. The smallest absolute Gasteiger partial charge is 0.226 e. The molecule has 1 aromatic heterocycles. The van der Waals surface area contributed by atoms with Crippen molar-refractivity contribution in [2.24, 2.45) is 5.92 Å². The molecule has 0 atom stereocenters. The zero-order valence-electron chi connectivity index (χ0n) is 11.9. The molecule has 1 aliphatic carbocycles. The summed E-state index contributed by atoms with van der Waals surface area (Å²) in [5.74, 6) is 0.440. The van der Waals surface area contributed by atoms with Gasteiger partial charge in [-0.05, 0) is 30.5 Å². The maximum absolute atomic E-state index is 13.1. The number of carbonyl (C=O) groups is 1. The van der Waals surface area contributed by atoms with Gasteiger partial charge in [0.05, 0.1) is 10.2 Å². The average Bonchev–Trinajstić information content (AvgIpc) is 2.87. The Morgan fingerprint density at radius 1 is 1.33 bits per heavy atom. The second-order valence-electron chi connectivity index (χ2n) is 5.72. The zero-order chi connectivity index (χ0) is 14.7. The number of carbonyl (C=O) groups excluding carboxylic acids is 1. The summed E-state index contributed by atoms with van der Waals surface area (Å²) in [6.07, 6.45) is 7.97. The van der Waals surface area contributed by atoms with Gasteiger partial charge >= 0.3 is 0 Å².